The number of benzene rings is 1. The molecule has 1 aromatic heterocycles. The molecule has 2 atom stereocenters. The van der Waals surface area contributed by atoms with Gasteiger partial charge in [-0.25, -0.2) is 4.85 Å². The lowest BCUT2D eigenvalue weighted by Crippen LogP contribution is -2.45. The molecule has 0 spiro atoms. The van der Waals surface area contributed by atoms with Crippen LogP contribution in [0.2, 0.25) is 0 Å². The number of anilines is 1. The summed E-state index contributed by atoms with van der Waals surface area (Å²) in [5.74, 6) is 0.995. The quantitative estimate of drug-likeness (QED) is 0.542. The normalized spacial score (nSPS) is 19.0. The number of rotatable bonds is 6. The highest BCUT2D eigenvalue weighted by Gasteiger charge is 2.26. The molecule has 1 saturated heterocycles. The summed E-state index contributed by atoms with van der Waals surface area (Å²) < 4.78 is 21.9. The molecule has 2 unspecified atom stereocenters. The number of thioether (sulfide) groups is 1. The Labute approximate surface area is 183 Å². The molecule has 9 heteroatoms. The third-order valence-electron chi connectivity index (χ3n) is 4.87. The van der Waals surface area contributed by atoms with Crippen LogP contribution in [-0.4, -0.2) is 56.3 Å². The van der Waals surface area contributed by atoms with Gasteiger partial charge in [-0.15, -0.1) is 11.8 Å². The summed E-state index contributed by atoms with van der Waals surface area (Å²) in [4.78, 5) is 20.7. The number of ether oxygens (including phenoxy) is 4. The molecule has 0 saturated carbocycles. The van der Waals surface area contributed by atoms with Crippen molar-refractivity contribution in [2.45, 2.75) is 17.2 Å². The molecule has 2 heterocycles. The molecule has 0 bridgehead atoms. The van der Waals surface area contributed by atoms with Crippen LogP contribution in [0.4, 0.5) is 11.4 Å². The largest absolute Gasteiger partial charge is 0.497 e. The van der Waals surface area contributed by atoms with Gasteiger partial charge in [-0.1, -0.05) is 0 Å². The predicted octanol–water partition coefficient (Wildman–Crippen LogP) is 1.74. The molecule has 4 rings (SSSR count). The first-order valence-corrected chi connectivity index (χ1v) is 10.6. The van der Waals surface area contributed by atoms with E-state index in [9.17, 15) is 4.79 Å². The minimum Gasteiger partial charge on any atom is -0.497 e. The number of aromatic nitrogens is 1. The first kappa shape index (κ1) is 21.2. The maximum Gasteiger partial charge on any atom is 0.234 e. The van der Waals surface area contributed by atoms with E-state index < -0.39 is 0 Å². The lowest BCUT2D eigenvalue weighted by molar-refractivity contribution is -0.113. The SMILES string of the molecule is [C-]#[N+]c1cc2c(nc1SCC(=O)Nc1ccc(OC)cc1OC)=CC1OCCOC1C=2. The maximum absolute atomic E-state index is 12.5. The minimum atomic E-state index is -0.233. The number of hydrogen-bond donors (Lipinski definition) is 1. The molecule has 2 aromatic rings. The van der Waals surface area contributed by atoms with Crippen molar-refractivity contribution in [3.05, 3.63) is 46.3 Å². The molecule has 2 aliphatic rings. The fourth-order valence-corrected chi connectivity index (χ4v) is 4.12. The van der Waals surface area contributed by atoms with Gasteiger partial charge in [0, 0.05) is 6.07 Å². The number of fused-ring (bicyclic) bond motifs is 2. The van der Waals surface area contributed by atoms with Crippen LogP contribution in [-0.2, 0) is 14.3 Å². The van der Waals surface area contributed by atoms with Crippen molar-refractivity contribution in [3.63, 3.8) is 0 Å². The fourth-order valence-electron chi connectivity index (χ4n) is 3.37. The average molecular weight is 439 g/mol. The van der Waals surface area contributed by atoms with Crippen LogP contribution in [0, 0.1) is 6.57 Å². The Balaban J connectivity index is 1.50. The smallest absolute Gasteiger partial charge is 0.234 e. The highest BCUT2D eigenvalue weighted by Crippen LogP contribution is 2.30. The number of amides is 1. The molecule has 31 heavy (non-hydrogen) atoms. The molecule has 1 N–H and O–H groups in total. The number of nitrogens with one attached hydrogen (secondary N) is 1. The van der Waals surface area contributed by atoms with Crippen molar-refractivity contribution in [3.8, 4) is 11.5 Å². The third-order valence-corrected chi connectivity index (χ3v) is 5.85. The van der Waals surface area contributed by atoms with E-state index in [1.807, 2.05) is 12.2 Å². The molecule has 8 nitrogen and oxygen atoms in total. The lowest BCUT2D eigenvalue weighted by Gasteiger charge is -2.29. The summed E-state index contributed by atoms with van der Waals surface area (Å²) in [6.07, 6.45) is 3.51. The summed E-state index contributed by atoms with van der Waals surface area (Å²) in [6.45, 7) is 8.59. The van der Waals surface area contributed by atoms with Gasteiger partial charge in [0.2, 0.25) is 11.6 Å². The zero-order chi connectivity index (χ0) is 21.8. The summed E-state index contributed by atoms with van der Waals surface area (Å²) in [6, 6.07) is 6.94. The number of carbonyl (C=O) groups is 1. The summed E-state index contributed by atoms with van der Waals surface area (Å²) >= 11 is 1.21. The van der Waals surface area contributed by atoms with Crippen LogP contribution in [0.15, 0.2) is 29.3 Å². The van der Waals surface area contributed by atoms with E-state index in [4.69, 9.17) is 25.5 Å². The van der Waals surface area contributed by atoms with Gasteiger partial charge in [0.15, 0.2) is 0 Å². The molecule has 1 aromatic carbocycles. The highest BCUT2D eigenvalue weighted by atomic mass is 32.2. The number of pyridine rings is 1. The highest BCUT2D eigenvalue weighted by molar-refractivity contribution is 8.00. The van der Waals surface area contributed by atoms with Gasteiger partial charge in [-0.05, 0) is 35.6 Å². The van der Waals surface area contributed by atoms with Gasteiger partial charge >= 0.3 is 0 Å². The second-order valence-electron chi connectivity index (χ2n) is 6.81. The summed E-state index contributed by atoms with van der Waals surface area (Å²) in [5, 5.41) is 4.91. The minimum absolute atomic E-state index is 0.0961. The fraction of sp³-hybridized carbons (Fsp3) is 0.318. The van der Waals surface area contributed by atoms with Crippen molar-refractivity contribution >= 4 is 41.2 Å². The Morgan fingerprint density at radius 2 is 2.00 bits per heavy atom. The van der Waals surface area contributed by atoms with Crippen LogP contribution in [0.5, 0.6) is 11.5 Å². The van der Waals surface area contributed by atoms with Crippen LogP contribution >= 0.6 is 11.8 Å². The molecule has 160 valence electrons. The van der Waals surface area contributed by atoms with Crippen LogP contribution < -0.4 is 25.4 Å². The van der Waals surface area contributed by atoms with Crippen molar-refractivity contribution in [1.82, 2.24) is 4.98 Å². The molecule has 1 amide bonds. The molecular formula is C22H21N3O5S. The monoisotopic (exact) mass is 439 g/mol. The van der Waals surface area contributed by atoms with E-state index in [1.165, 1.54) is 18.9 Å². The Morgan fingerprint density at radius 3 is 2.71 bits per heavy atom. The Bertz CT molecular complexity index is 1160. The average Bonchev–Trinajstić information content (AvgIpc) is 2.81. The number of methoxy groups -OCH3 is 2. The third kappa shape index (κ3) is 4.66. The van der Waals surface area contributed by atoms with E-state index in [-0.39, 0.29) is 23.9 Å². The van der Waals surface area contributed by atoms with E-state index >= 15 is 0 Å². The summed E-state index contributed by atoms with van der Waals surface area (Å²) in [7, 11) is 3.09. The predicted molar refractivity (Wildman–Crippen MR) is 117 cm³/mol. The lowest BCUT2D eigenvalue weighted by atomic mass is 10.1. The molecule has 1 fully saturated rings. The Hall–Kier alpha value is -3.06. The topological polar surface area (TPSA) is 83.3 Å². The summed E-state index contributed by atoms with van der Waals surface area (Å²) in [5.41, 5.74) is 0.944. The van der Waals surface area contributed by atoms with Gasteiger partial charge < -0.3 is 24.3 Å². The van der Waals surface area contributed by atoms with Gasteiger partial charge in [0.1, 0.15) is 28.7 Å². The number of carbonyl (C=O) groups excluding carboxylic acids is 1. The van der Waals surface area contributed by atoms with E-state index in [0.717, 1.165) is 10.6 Å². The van der Waals surface area contributed by atoms with E-state index in [1.54, 1.807) is 31.4 Å². The maximum atomic E-state index is 12.5. The van der Waals surface area contributed by atoms with E-state index in [0.29, 0.717) is 41.1 Å². The second-order valence-corrected chi connectivity index (χ2v) is 7.77. The van der Waals surface area contributed by atoms with Crippen LogP contribution in [0.3, 0.4) is 0 Å². The Kier molecular flexibility index (Phi) is 6.42. The van der Waals surface area contributed by atoms with Gasteiger partial charge in [-0.2, -0.15) is 0 Å². The molecule has 1 aliphatic carbocycles. The molecule has 0 radical (unpaired) electrons. The van der Waals surface area contributed by atoms with Gasteiger partial charge in [-0.3, -0.25) is 9.78 Å². The first-order chi connectivity index (χ1) is 15.1. The second kappa shape index (κ2) is 9.39. The Morgan fingerprint density at radius 1 is 1.23 bits per heavy atom. The van der Waals surface area contributed by atoms with Crippen molar-refractivity contribution < 1.29 is 23.7 Å². The standard InChI is InChI=1S/C22H21N3O5S/c1-23-17-8-13-9-19-20(30-7-6-29-19)11-16(13)25-22(17)31-12-21(26)24-15-5-4-14(27-2)10-18(15)28-3/h4-5,8-11,19-20H,6-7,12H2,2-3H3,(H,24,26). The van der Waals surface area contributed by atoms with Crippen LogP contribution in [0.25, 0.3) is 17.0 Å². The van der Waals surface area contributed by atoms with Gasteiger partial charge in [0.25, 0.3) is 0 Å². The number of hydrogen-bond acceptors (Lipinski definition) is 7. The zero-order valence-corrected chi connectivity index (χ0v) is 17.9. The van der Waals surface area contributed by atoms with Gasteiger partial charge in [0.05, 0.1) is 50.8 Å². The van der Waals surface area contributed by atoms with Crippen molar-refractivity contribution in [2.75, 3.05) is 38.5 Å². The van der Waals surface area contributed by atoms with E-state index in [2.05, 4.69) is 15.1 Å². The number of nitrogens with zero attached hydrogens (tertiary/aromatic N) is 2. The van der Waals surface area contributed by atoms with Crippen LogP contribution in [0.1, 0.15) is 0 Å². The van der Waals surface area contributed by atoms with Crippen molar-refractivity contribution in [1.29, 1.82) is 0 Å². The molecular weight excluding hydrogens is 418 g/mol. The zero-order valence-electron chi connectivity index (χ0n) is 17.1. The van der Waals surface area contributed by atoms with Crippen molar-refractivity contribution in [2.24, 2.45) is 0 Å². The first-order valence-electron chi connectivity index (χ1n) is 9.61. The molecule has 1 aliphatic heterocycles.